The molecule has 0 saturated heterocycles. The van der Waals surface area contributed by atoms with Crippen LogP contribution in [0.15, 0.2) is 40.8 Å². The van der Waals surface area contributed by atoms with Gasteiger partial charge in [0, 0.05) is 24.0 Å². The number of rotatable bonds is 6. The molecule has 0 radical (unpaired) electrons. The van der Waals surface area contributed by atoms with Crippen LogP contribution in [0.1, 0.15) is 43.4 Å². The van der Waals surface area contributed by atoms with Gasteiger partial charge in [0.1, 0.15) is 5.69 Å². The minimum Gasteiger partial charge on any atom is -0.355 e. The maximum absolute atomic E-state index is 12.4. The number of aromatic amines is 1. The lowest BCUT2D eigenvalue weighted by molar-refractivity contribution is -0.120. The molecular formula is C20H24N4O2. The summed E-state index contributed by atoms with van der Waals surface area (Å²) in [4.78, 5) is 35.9. The van der Waals surface area contributed by atoms with Crippen LogP contribution >= 0.6 is 0 Å². The highest BCUT2D eigenvalue weighted by Crippen LogP contribution is 2.19. The lowest BCUT2D eigenvalue weighted by atomic mass is 9.97. The number of nitrogens with zero attached hydrogens (tertiary/aromatic N) is 2. The fourth-order valence-electron chi connectivity index (χ4n) is 3.16. The van der Waals surface area contributed by atoms with Crippen molar-refractivity contribution in [1.29, 1.82) is 0 Å². The molecule has 0 fully saturated rings. The van der Waals surface area contributed by atoms with Crippen molar-refractivity contribution in [1.82, 2.24) is 20.3 Å². The standard InChI is InChI=1S/C20H24N4O2/c1-14-16(13-18(25)22-12-10-15-7-3-2-4-8-15)20(26)24-19(23-14)17-9-5-6-11-21-17/h5-7,9,11H,2-4,8,10,12-13H2,1H3,(H,22,25)(H,23,24,26). The fourth-order valence-corrected chi connectivity index (χ4v) is 3.16. The van der Waals surface area contributed by atoms with Crippen LogP contribution in [0.3, 0.4) is 0 Å². The minimum absolute atomic E-state index is 0.0374. The zero-order valence-electron chi connectivity index (χ0n) is 15.0. The average Bonchev–Trinajstić information content (AvgIpc) is 2.66. The zero-order chi connectivity index (χ0) is 18.4. The predicted molar refractivity (Wildman–Crippen MR) is 101 cm³/mol. The third kappa shape index (κ3) is 4.65. The lowest BCUT2D eigenvalue weighted by Crippen LogP contribution is -2.30. The van der Waals surface area contributed by atoms with Crippen molar-refractivity contribution in [3.05, 3.63) is 57.7 Å². The summed E-state index contributed by atoms with van der Waals surface area (Å²) in [5.74, 6) is 0.267. The molecule has 26 heavy (non-hydrogen) atoms. The van der Waals surface area contributed by atoms with Gasteiger partial charge in [-0.2, -0.15) is 0 Å². The van der Waals surface area contributed by atoms with Crippen LogP contribution in [-0.4, -0.2) is 27.4 Å². The molecule has 1 aliphatic carbocycles. The molecule has 0 aliphatic heterocycles. The number of aromatic nitrogens is 3. The number of pyridine rings is 1. The van der Waals surface area contributed by atoms with Crippen LogP contribution in [0.25, 0.3) is 11.5 Å². The molecule has 6 heteroatoms. The number of hydrogen-bond acceptors (Lipinski definition) is 4. The first-order valence-corrected chi connectivity index (χ1v) is 9.09. The largest absolute Gasteiger partial charge is 0.355 e. The monoisotopic (exact) mass is 352 g/mol. The van der Waals surface area contributed by atoms with Crippen molar-refractivity contribution in [3.63, 3.8) is 0 Å². The van der Waals surface area contributed by atoms with Gasteiger partial charge in [-0.3, -0.25) is 14.6 Å². The Morgan fingerprint density at radius 2 is 2.19 bits per heavy atom. The van der Waals surface area contributed by atoms with Gasteiger partial charge >= 0.3 is 0 Å². The van der Waals surface area contributed by atoms with Crippen LogP contribution in [0.2, 0.25) is 0 Å². The fraction of sp³-hybridized carbons (Fsp3) is 0.400. The Morgan fingerprint density at radius 3 is 2.88 bits per heavy atom. The highest BCUT2D eigenvalue weighted by molar-refractivity contribution is 5.78. The molecule has 3 rings (SSSR count). The summed E-state index contributed by atoms with van der Waals surface area (Å²) >= 11 is 0. The molecule has 0 atom stereocenters. The maximum Gasteiger partial charge on any atom is 0.255 e. The number of H-pyrrole nitrogens is 1. The molecule has 0 aromatic carbocycles. The molecule has 6 nitrogen and oxygen atoms in total. The molecule has 0 unspecified atom stereocenters. The van der Waals surface area contributed by atoms with Gasteiger partial charge < -0.3 is 10.3 Å². The second kappa shape index (κ2) is 8.56. The predicted octanol–water partition coefficient (Wildman–Crippen LogP) is 2.69. The summed E-state index contributed by atoms with van der Waals surface area (Å²) in [6, 6.07) is 5.42. The number of nitrogens with one attached hydrogen (secondary N) is 2. The molecule has 0 spiro atoms. The van der Waals surface area contributed by atoms with Gasteiger partial charge in [-0.25, -0.2) is 4.98 Å². The van der Waals surface area contributed by atoms with Gasteiger partial charge in [0.05, 0.1) is 6.42 Å². The van der Waals surface area contributed by atoms with E-state index in [-0.39, 0.29) is 17.9 Å². The molecule has 2 aromatic heterocycles. The number of aryl methyl sites for hydroxylation is 1. The Morgan fingerprint density at radius 1 is 1.31 bits per heavy atom. The summed E-state index contributed by atoms with van der Waals surface area (Å²) in [5, 5.41) is 2.91. The topological polar surface area (TPSA) is 87.7 Å². The summed E-state index contributed by atoms with van der Waals surface area (Å²) < 4.78 is 0. The molecule has 2 N–H and O–H groups in total. The van der Waals surface area contributed by atoms with E-state index in [4.69, 9.17) is 0 Å². The van der Waals surface area contributed by atoms with E-state index in [0.29, 0.717) is 29.3 Å². The normalized spacial score (nSPS) is 14.0. The molecule has 2 heterocycles. The summed E-state index contributed by atoms with van der Waals surface area (Å²) in [6.07, 6.45) is 9.63. The third-order valence-electron chi connectivity index (χ3n) is 4.62. The van der Waals surface area contributed by atoms with E-state index in [1.165, 1.54) is 18.4 Å². The number of amides is 1. The van der Waals surface area contributed by atoms with Gasteiger partial charge in [0.25, 0.3) is 5.56 Å². The Labute approximate surface area is 152 Å². The minimum atomic E-state index is -0.289. The number of hydrogen-bond donors (Lipinski definition) is 2. The van der Waals surface area contributed by atoms with Gasteiger partial charge in [0.2, 0.25) is 5.91 Å². The van der Waals surface area contributed by atoms with Crippen molar-refractivity contribution < 1.29 is 4.79 Å². The average molecular weight is 352 g/mol. The first-order valence-electron chi connectivity index (χ1n) is 9.09. The second-order valence-corrected chi connectivity index (χ2v) is 6.58. The first kappa shape index (κ1) is 18.0. The highest BCUT2D eigenvalue weighted by atomic mass is 16.2. The molecule has 1 amide bonds. The summed E-state index contributed by atoms with van der Waals surface area (Å²) in [5.41, 5.74) is 2.69. The zero-order valence-corrected chi connectivity index (χ0v) is 15.0. The van der Waals surface area contributed by atoms with Crippen LogP contribution in [-0.2, 0) is 11.2 Å². The van der Waals surface area contributed by atoms with Crippen molar-refractivity contribution in [2.75, 3.05) is 6.54 Å². The SMILES string of the molecule is Cc1nc(-c2ccccn2)[nH]c(=O)c1CC(=O)NCCC1=CCCCC1. The molecule has 136 valence electrons. The number of carbonyl (C=O) groups excluding carboxylic acids is 1. The van der Waals surface area contributed by atoms with E-state index in [9.17, 15) is 9.59 Å². The second-order valence-electron chi connectivity index (χ2n) is 6.58. The van der Waals surface area contributed by atoms with Crippen LogP contribution in [0, 0.1) is 6.92 Å². The Bertz CT molecular complexity index is 856. The van der Waals surface area contributed by atoms with Gasteiger partial charge in [-0.15, -0.1) is 0 Å². The molecule has 1 aliphatic rings. The molecular weight excluding hydrogens is 328 g/mol. The van der Waals surface area contributed by atoms with Crippen molar-refractivity contribution >= 4 is 5.91 Å². The van der Waals surface area contributed by atoms with Crippen LogP contribution < -0.4 is 10.9 Å². The molecule has 0 bridgehead atoms. The van der Waals surface area contributed by atoms with E-state index in [1.54, 1.807) is 25.3 Å². The number of allylic oxidation sites excluding steroid dienone is 1. The van der Waals surface area contributed by atoms with Crippen molar-refractivity contribution in [3.8, 4) is 11.5 Å². The molecule has 2 aromatic rings. The van der Waals surface area contributed by atoms with Crippen molar-refractivity contribution in [2.24, 2.45) is 0 Å². The van der Waals surface area contributed by atoms with E-state index in [1.807, 2.05) is 6.07 Å². The Balaban J connectivity index is 1.61. The van der Waals surface area contributed by atoms with E-state index in [0.717, 1.165) is 19.3 Å². The molecule has 0 saturated carbocycles. The van der Waals surface area contributed by atoms with Gasteiger partial charge in [0.15, 0.2) is 5.82 Å². The smallest absolute Gasteiger partial charge is 0.255 e. The Hall–Kier alpha value is -2.76. The van der Waals surface area contributed by atoms with Gasteiger partial charge in [-0.05, 0) is 51.2 Å². The third-order valence-corrected chi connectivity index (χ3v) is 4.62. The number of carbonyl (C=O) groups is 1. The summed E-state index contributed by atoms with van der Waals surface area (Å²) in [6.45, 7) is 2.36. The quantitative estimate of drug-likeness (QED) is 0.783. The van der Waals surface area contributed by atoms with Gasteiger partial charge in [-0.1, -0.05) is 17.7 Å². The highest BCUT2D eigenvalue weighted by Gasteiger charge is 2.14. The van der Waals surface area contributed by atoms with E-state index >= 15 is 0 Å². The Kier molecular flexibility index (Phi) is 5.94. The summed E-state index contributed by atoms with van der Waals surface area (Å²) in [7, 11) is 0. The maximum atomic E-state index is 12.4. The first-order chi connectivity index (χ1) is 12.6. The van der Waals surface area contributed by atoms with E-state index in [2.05, 4.69) is 26.3 Å². The van der Waals surface area contributed by atoms with E-state index < -0.39 is 0 Å². The lowest BCUT2D eigenvalue weighted by Gasteiger charge is -2.13. The van der Waals surface area contributed by atoms with Crippen molar-refractivity contribution in [2.45, 2.75) is 45.4 Å². The van der Waals surface area contributed by atoms with Crippen LogP contribution in [0.4, 0.5) is 0 Å². The van der Waals surface area contributed by atoms with Crippen LogP contribution in [0.5, 0.6) is 0 Å².